The van der Waals surface area contributed by atoms with Crippen molar-refractivity contribution < 1.29 is 4.79 Å². The van der Waals surface area contributed by atoms with E-state index in [1.54, 1.807) is 11.3 Å². The maximum Gasteiger partial charge on any atom is 0.225 e. The third-order valence-electron chi connectivity index (χ3n) is 4.33. The predicted octanol–water partition coefficient (Wildman–Crippen LogP) is 2.08. The molecule has 0 spiro atoms. The second-order valence-corrected chi connectivity index (χ2v) is 7.04. The number of carbonyl (C=O) groups excluding carboxylic acids is 1. The molecule has 2 saturated heterocycles. The summed E-state index contributed by atoms with van der Waals surface area (Å²) in [5.74, 6) is 0.369. The number of hydrogen-bond donors (Lipinski definition) is 2. The Labute approximate surface area is 118 Å². The van der Waals surface area contributed by atoms with E-state index in [2.05, 4.69) is 22.5 Å². The topological polar surface area (TPSA) is 54.0 Å². The predicted molar refractivity (Wildman–Crippen MR) is 76.2 cm³/mol. The third kappa shape index (κ3) is 2.41. The minimum absolute atomic E-state index is 0.0674. The summed E-state index contributed by atoms with van der Waals surface area (Å²) in [7, 11) is 0. The van der Waals surface area contributed by atoms with Crippen LogP contribution in [-0.4, -0.2) is 23.0 Å². The first kappa shape index (κ1) is 13.1. The molecule has 3 heterocycles. The van der Waals surface area contributed by atoms with Crippen LogP contribution in [0.2, 0.25) is 0 Å². The Balaban J connectivity index is 1.65. The van der Waals surface area contributed by atoms with E-state index >= 15 is 0 Å². The summed E-state index contributed by atoms with van der Waals surface area (Å²) < 4.78 is 0. The van der Waals surface area contributed by atoms with Crippen LogP contribution in [0.3, 0.4) is 0 Å². The largest absolute Gasteiger partial charge is 0.348 e. The van der Waals surface area contributed by atoms with Gasteiger partial charge in [-0.25, -0.2) is 4.98 Å². The van der Waals surface area contributed by atoms with Crippen molar-refractivity contribution in [1.29, 1.82) is 0 Å². The lowest BCUT2D eigenvalue weighted by Gasteiger charge is -2.22. The number of carbonyl (C=O) groups is 1. The van der Waals surface area contributed by atoms with E-state index in [1.165, 1.54) is 11.3 Å². The van der Waals surface area contributed by atoms with Gasteiger partial charge in [0.15, 0.2) is 0 Å². The summed E-state index contributed by atoms with van der Waals surface area (Å²) in [5.41, 5.74) is 1.04. The lowest BCUT2D eigenvalue weighted by atomic mass is 9.88. The van der Waals surface area contributed by atoms with Crippen molar-refractivity contribution in [2.24, 2.45) is 5.92 Å². The van der Waals surface area contributed by atoms with Gasteiger partial charge in [-0.1, -0.05) is 0 Å². The number of nitrogens with zero attached hydrogens (tertiary/aromatic N) is 1. The van der Waals surface area contributed by atoms with Crippen molar-refractivity contribution in [3.05, 3.63) is 15.6 Å². The van der Waals surface area contributed by atoms with Crippen LogP contribution in [0.15, 0.2) is 0 Å². The van der Waals surface area contributed by atoms with Gasteiger partial charge in [0.05, 0.1) is 22.7 Å². The first-order valence-electron chi connectivity index (χ1n) is 7.05. The second-order valence-electron chi connectivity index (χ2n) is 5.80. The normalized spacial score (nSPS) is 30.6. The highest BCUT2D eigenvalue weighted by Gasteiger charge is 2.42. The number of hydrogen-bond acceptors (Lipinski definition) is 4. The molecule has 2 bridgehead atoms. The minimum Gasteiger partial charge on any atom is -0.348 e. The smallest absolute Gasteiger partial charge is 0.225 e. The summed E-state index contributed by atoms with van der Waals surface area (Å²) in [6.45, 7) is 6.08. The molecule has 1 aromatic heterocycles. The number of aryl methyl sites for hydroxylation is 2. The SMILES string of the molecule is Cc1nc(C)c(C(C)NC(=O)C2CC3CCC2N3)s1. The van der Waals surface area contributed by atoms with Gasteiger partial charge in [0.2, 0.25) is 5.91 Å². The summed E-state index contributed by atoms with van der Waals surface area (Å²) in [5, 5.41) is 7.75. The Kier molecular flexibility index (Phi) is 3.35. The standard InChI is InChI=1S/C14H21N3OS/c1-7-13(19-9(3)15-7)8(2)16-14(18)11-6-10-4-5-12(11)17-10/h8,10-12,17H,4-6H2,1-3H3,(H,16,18). The Morgan fingerprint density at radius 2 is 2.26 bits per heavy atom. The molecule has 19 heavy (non-hydrogen) atoms. The van der Waals surface area contributed by atoms with Crippen molar-refractivity contribution >= 4 is 17.2 Å². The monoisotopic (exact) mass is 279 g/mol. The van der Waals surface area contributed by atoms with Crippen molar-refractivity contribution in [2.45, 2.75) is 58.2 Å². The van der Waals surface area contributed by atoms with Crippen LogP contribution < -0.4 is 10.6 Å². The van der Waals surface area contributed by atoms with Crippen LogP contribution in [0.25, 0.3) is 0 Å². The zero-order valence-electron chi connectivity index (χ0n) is 11.7. The first-order valence-corrected chi connectivity index (χ1v) is 7.86. The van der Waals surface area contributed by atoms with E-state index in [1.807, 2.05) is 13.8 Å². The molecule has 0 saturated carbocycles. The minimum atomic E-state index is 0.0674. The van der Waals surface area contributed by atoms with Gasteiger partial charge in [0.25, 0.3) is 0 Å². The summed E-state index contributed by atoms with van der Waals surface area (Å²) in [6, 6.07) is 1.04. The molecule has 1 amide bonds. The molecule has 0 aromatic carbocycles. The fourth-order valence-electron chi connectivity index (χ4n) is 3.45. The van der Waals surface area contributed by atoms with E-state index in [0.717, 1.165) is 23.5 Å². The molecule has 4 nitrogen and oxygen atoms in total. The number of nitrogens with one attached hydrogen (secondary N) is 2. The van der Waals surface area contributed by atoms with Crippen molar-refractivity contribution in [3.63, 3.8) is 0 Å². The second kappa shape index (κ2) is 4.87. The highest BCUT2D eigenvalue weighted by atomic mass is 32.1. The van der Waals surface area contributed by atoms with Crippen LogP contribution in [0, 0.1) is 19.8 Å². The first-order chi connectivity index (χ1) is 9.04. The fraction of sp³-hybridized carbons (Fsp3) is 0.714. The van der Waals surface area contributed by atoms with Crippen molar-refractivity contribution in [2.75, 3.05) is 0 Å². The van der Waals surface area contributed by atoms with Gasteiger partial charge >= 0.3 is 0 Å². The third-order valence-corrected chi connectivity index (χ3v) is 5.58. The molecule has 4 unspecified atom stereocenters. The highest BCUT2D eigenvalue weighted by Crippen LogP contribution is 2.34. The quantitative estimate of drug-likeness (QED) is 0.890. The molecule has 2 fully saturated rings. The van der Waals surface area contributed by atoms with Crippen LogP contribution in [0.4, 0.5) is 0 Å². The molecule has 1 aromatic rings. The van der Waals surface area contributed by atoms with E-state index in [0.29, 0.717) is 12.1 Å². The lowest BCUT2D eigenvalue weighted by molar-refractivity contribution is -0.126. The molecule has 4 atom stereocenters. The Hall–Kier alpha value is -0.940. The zero-order chi connectivity index (χ0) is 13.6. The molecule has 2 N–H and O–H groups in total. The van der Waals surface area contributed by atoms with Gasteiger partial charge in [-0.15, -0.1) is 11.3 Å². The Bertz CT molecular complexity index is 499. The lowest BCUT2D eigenvalue weighted by Crippen LogP contribution is -2.38. The van der Waals surface area contributed by atoms with Crippen LogP contribution >= 0.6 is 11.3 Å². The molecule has 0 radical (unpaired) electrons. The van der Waals surface area contributed by atoms with Gasteiger partial charge in [-0.05, 0) is 40.0 Å². The van der Waals surface area contributed by atoms with Gasteiger partial charge in [0.1, 0.15) is 0 Å². The molecule has 104 valence electrons. The number of fused-ring (bicyclic) bond motifs is 2. The van der Waals surface area contributed by atoms with Gasteiger partial charge in [-0.3, -0.25) is 4.79 Å². The maximum atomic E-state index is 12.4. The number of thiazole rings is 1. The van der Waals surface area contributed by atoms with Crippen LogP contribution in [0.1, 0.15) is 47.8 Å². The van der Waals surface area contributed by atoms with E-state index in [4.69, 9.17) is 0 Å². The van der Waals surface area contributed by atoms with E-state index in [9.17, 15) is 4.79 Å². The van der Waals surface area contributed by atoms with Gasteiger partial charge < -0.3 is 10.6 Å². The average molecular weight is 279 g/mol. The summed E-state index contributed by atoms with van der Waals surface area (Å²) >= 11 is 1.68. The molecular weight excluding hydrogens is 258 g/mol. The highest BCUT2D eigenvalue weighted by molar-refractivity contribution is 7.11. The van der Waals surface area contributed by atoms with Crippen molar-refractivity contribution in [1.82, 2.24) is 15.6 Å². The maximum absolute atomic E-state index is 12.4. The number of rotatable bonds is 3. The van der Waals surface area contributed by atoms with E-state index < -0.39 is 0 Å². The van der Waals surface area contributed by atoms with Crippen LogP contribution in [-0.2, 0) is 4.79 Å². The summed E-state index contributed by atoms with van der Waals surface area (Å²) in [4.78, 5) is 18.0. The van der Waals surface area contributed by atoms with Crippen molar-refractivity contribution in [3.8, 4) is 0 Å². The molecule has 3 rings (SSSR count). The van der Waals surface area contributed by atoms with Gasteiger partial charge in [-0.2, -0.15) is 0 Å². The Morgan fingerprint density at radius 3 is 2.79 bits per heavy atom. The molecule has 2 aliphatic rings. The molecular formula is C14H21N3OS. The average Bonchev–Trinajstić information content (AvgIpc) is 3.03. The van der Waals surface area contributed by atoms with Crippen LogP contribution in [0.5, 0.6) is 0 Å². The molecule has 2 aliphatic heterocycles. The number of amides is 1. The zero-order valence-corrected chi connectivity index (χ0v) is 12.5. The summed E-state index contributed by atoms with van der Waals surface area (Å²) in [6.07, 6.45) is 3.39. The van der Waals surface area contributed by atoms with E-state index in [-0.39, 0.29) is 17.9 Å². The molecule has 0 aliphatic carbocycles. The Morgan fingerprint density at radius 1 is 1.47 bits per heavy atom. The molecule has 5 heteroatoms. The number of aromatic nitrogens is 1. The van der Waals surface area contributed by atoms with Gasteiger partial charge in [0, 0.05) is 17.0 Å². The fourth-order valence-corrected chi connectivity index (χ4v) is 4.38.